The van der Waals surface area contributed by atoms with E-state index >= 15 is 0 Å². The summed E-state index contributed by atoms with van der Waals surface area (Å²) < 4.78 is 4.99. The third kappa shape index (κ3) is 3.61. The molecule has 2 rings (SSSR count). The van der Waals surface area contributed by atoms with Gasteiger partial charge in [0, 0.05) is 12.6 Å². The number of hydrogen-bond donors (Lipinski definition) is 3. The van der Waals surface area contributed by atoms with Crippen molar-refractivity contribution in [2.75, 3.05) is 26.7 Å². The summed E-state index contributed by atoms with van der Waals surface area (Å²) in [4.78, 5) is 12.0. The number of amides is 1. The van der Waals surface area contributed by atoms with E-state index in [4.69, 9.17) is 4.74 Å². The van der Waals surface area contributed by atoms with Crippen molar-refractivity contribution in [2.24, 2.45) is 5.92 Å². The SMILES string of the molecule is COc1ccc(C(=O)NCC2CCNCC2)c(O)c1. The molecule has 5 nitrogen and oxygen atoms in total. The molecule has 0 unspecified atom stereocenters. The predicted octanol–water partition coefficient (Wildman–Crippen LogP) is 1.13. The first kappa shape index (κ1) is 13.7. The minimum atomic E-state index is -0.237. The van der Waals surface area contributed by atoms with Gasteiger partial charge < -0.3 is 20.5 Å². The fourth-order valence-corrected chi connectivity index (χ4v) is 2.25. The molecule has 0 spiro atoms. The van der Waals surface area contributed by atoms with Crippen LogP contribution in [0.5, 0.6) is 11.5 Å². The zero-order chi connectivity index (χ0) is 13.7. The number of ether oxygens (including phenoxy) is 1. The topological polar surface area (TPSA) is 70.6 Å². The summed E-state index contributed by atoms with van der Waals surface area (Å²) in [7, 11) is 1.52. The smallest absolute Gasteiger partial charge is 0.255 e. The average Bonchev–Trinajstić information content (AvgIpc) is 2.45. The lowest BCUT2D eigenvalue weighted by Gasteiger charge is -2.22. The van der Waals surface area contributed by atoms with Gasteiger partial charge in [-0.05, 0) is 44.0 Å². The Kier molecular flexibility index (Phi) is 4.63. The second kappa shape index (κ2) is 6.43. The molecular weight excluding hydrogens is 244 g/mol. The van der Waals surface area contributed by atoms with Crippen LogP contribution in [-0.2, 0) is 0 Å². The number of carbonyl (C=O) groups excluding carboxylic acids is 1. The minimum Gasteiger partial charge on any atom is -0.507 e. The summed E-state index contributed by atoms with van der Waals surface area (Å²) >= 11 is 0. The highest BCUT2D eigenvalue weighted by atomic mass is 16.5. The number of phenols is 1. The van der Waals surface area contributed by atoms with Crippen molar-refractivity contribution >= 4 is 5.91 Å². The molecule has 1 aromatic rings. The third-order valence-electron chi connectivity index (χ3n) is 3.46. The monoisotopic (exact) mass is 264 g/mol. The molecule has 0 radical (unpaired) electrons. The molecule has 1 aromatic carbocycles. The van der Waals surface area contributed by atoms with Crippen LogP contribution in [0.25, 0.3) is 0 Å². The second-order valence-corrected chi connectivity index (χ2v) is 4.79. The quantitative estimate of drug-likeness (QED) is 0.762. The Bertz CT molecular complexity index is 442. The summed E-state index contributed by atoms with van der Waals surface area (Å²) in [6.07, 6.45) is 2.16. The summed E-state index contributed by atoms with van der Waals surface area (Å²) in [6.45, 7) is 2.68. The summed E-state index contributed by atoms with van der Waals surface area (Å²) in [5, 5.41) is 15.9. The molecule has 1 heterocycles. The fraction of sp³-hybridized carbons (Fsp3) is 0.500. The molecule has 0 atom stereocenters. The van der Waals surface area contributed by atoms with E-state index < -0.39 is 0 Å². The Balaban J connectivity index is 1.92. The molecule has 0 bridgehead atoms. The number of methoxy groups -OCH3 is 1. The van der Waals surface area contributed by atoms with Gasteiger partial charge in [-0.15, -0.1) is 0 Å². The molecule has 0 aliphatic carbocycles. The third-order valence-corrected chi connectivity index (χ3v) is 3.46. The maximum absolute atomic E-state index is 12.0. The van der Waals surface area contributed by atoms with Crippen molar-refractivity contribution in [3.05, 3.63) is 23.8 Å². The van der Waals surface area contributed by atoms with E-state index in [1.54, 1.807) is 12.1 Å². The molecule has 1 aliphatic rings. The van der Waals surface area contributed by atoms with Crippen LogP contribution in [0.2, 0.25) is 0 Å². The molecule has 1 aliphatic heterocycles. The standard InChI is InChI=1S/C14H20N2O3/c1-19-11-2-3-12(13(17)8-11)14(18)16-9-10-4-6-15-7-5-10/h2-3,8,10,15,17H,4-7,9H2,1H3,(H,16,18). The normalized spacial score (nSPS) is 16.1. The van der Waals surface area contributed by atoms with Gasteiger partial charge in [-0.2, -0.15) is 0 Å². The van der Waals surface area contributed by atoms with E-state index in [1.165, 1.54) is 13.2 Å². The van der Waals surface area contributed by atoms with Crippen LogP contribution in [0.4, 0.5) is 0 Å². The lowest BCUT2D eigenvalue weighted by molar-refractivity contribution is 0.0941. The first-order chi connectivity index (χ1) is 9.20. The number of nitrogens with one attached hydrogen (secondary N) is 2. The van der Waals surface area contributed by atoms with Gasteiger partial charge in [-0.1, -0.05) is 0 Å². The van der Waals surface area contributed by atoms with Crippen LogP contribution in [0.15, 0.2) is 18.2 Å². The van der Waals surface area contributed by atoms with Gasteiger partial charge >= 0.3 is 0 Å². The Morgan fingerprint density at radius 1 is 1.47 bits per heavy atom. The molecule has 1 fully saturated rings. The fourth-order valence-electron chi connectivity index (χ4n) is 2.25. The van der Waals surface area contributed by atoms with Crippen LogP contribution in [0.3, 0.4) is 0 Å². The minimum absolute atomic E-state index is 0.0536. The number of rotatable bonds is 4. The van der Waals surface area contributed by atoms with E-state index in [9.17, 15) is 9.90 Å². The van der Waals surface area contributed by atoms with E-state index in [2.05, 4.69) is 10.6 Å². The Morgan fingerprint density at radius 3 is 2.84 bits per heavy atom. The Hall–Kier alpha value is -1.75. The largest absolute Gasteiger partial charge is 0.507 e. The van der Waals surface area contributed by atoms with E-state index in [-0.39, 0.29) is 17.2 Å². The number of hydrogen-bond acceptors (Lipinski definition) is 4. The van der Waals surface area contributed by atoms with E-state index in [0.717, 1.165) is 25.9 Å². The molecule has 19 heavy (non-hydrogen) atoms. The highest BCUT2D eigenvalue weighted by Gasteiger charge is 2.16. The zero-order valence-electron chi connectivity index (χ0n) is 11.1. The lowest BCUT2D eigenvalue weighted by atomic mass is 9.98. The summed E-state index contributed by atoms with van der Waals surface area (Å²) in [5.41, 5.74) is 0.287. The first-order valence-electron chi connectivity index (χ1n) is 6.56. The number of benzene rings is 1. The lowest BCUT2D eigenvalue weighted by Crippen LogP contribution is -2.35. The Morgan fingerprint density at radius 2 is 2.21 bits per heavy atom. The zero-order valence-corrected chi connectivity index (χ0v) is 11.1. The predicted molar refractivity (Wildman–Crippen MR) is 72.6 cm³/mol. The van der Waals surface area contributed by atoms with E-state index in [1.807, 2.05) is 0 Å². The molecule has 0 aromatic heterocycles. The van der Waals surface area contributed by atoms with Crippen molar-refractivity contribution in [3.63, 3.8) is 0 Å². The Labute approximate surface area is 113 Å². The number of carbonyl (C=O) groups is 1. The molecule has 0 saturated carbocycles. The number of aromatic hydroxyl groups is 1. The highest BCUT2D eigenvalue weighted by molar-refractivity contribution is 5.96. The van der Waals surface area contributed by atoms with Gasteiger partial charge in [0.05, 0.1) is 12.7 Å². The van der Waals surface area contributed by atoms with Gasteiger partial charge in [0.25, 0.3) is 5.91 Å². The molecule has 3 N–H and O–H groups in total. The van der Waals surface area contributed by atoms with Crippen LogP contribution < -0.4 is 15.4 Å². The average molecular weight is 264 g/mol. The van der Waals surface area contributed by atoms with Crippen molar-refractivity contribution in [1.29, 1.82) is 0 Å². The maximum atomic E-state index is 12.0. The maximum Gasteiger partial charge on any atom is 0.255 e. The van der Waals surface area contributed by atoms with Gasteiger partial charge in [0.15, 0.2) is 0 Å². The summed E-state index contributed by atoms with van der Waals surface area (Å²) in [5.74, 6) is 0.763. The van der Waals surface area contributed by atoms with Crippen LogP contribution in [-0.4, -0.2) is 37.8 Å². The van der Waals surface area contributed by atoms with Crippen LogP contribution in [0.1, 0.15) is 23.2 Å². The molecular formula is C14H20N2O3. The van der Waals surface area contributed by atoms with Crippen molar-refractivity contribution < 1.29 is 14.6 Å². The van der Waals surface area contributed by atoms with Crippen LogP contribution >= 0.6 is 0 Å². The van der Waals surface area contributed by atoms with E-state index in [0.29, 0.717) is 18.2 Å². The van der Waals surface area contributed by atoms with Gasteiger partial charge in [-0.3, -0.25) is 4.79 Å². The summed E-state index contributed by atoms with van der Waals surface area (Å²) in [6, 6.07) is 4.69. The number of piperidine rings is 1. The molecule has 104 valence electrons. The first-order valence-corrected chi connectivity index (χ1v) is 6.56. The molecule has 1 saturated heterocycles. The highest BCUT2D eigenvalue weighted by Crippen LogP contribution is 2.23. The molecule has 1 amide bonds. The van der Waals surface area contributed by atoms with Crippen molar-refractivity contribution in [1.82, 2.24) is 10.6 Å². The van der Waals surface area contributed by atoms with Crippen molar-refractivity contribution in [2.45, 2.75) is 12.8 Å². The number of phenolic OH excluding ortho intramolecular Hbond substituents is 1. The van der Waals surface area contributed by atoms with Gasteiger partial charge in [0.1, 0.15) is 11.5 Å². The van der Waals surface area contributed by atoms with Crippen LogP contribution in [0, 0.1) is 5.92 Å². The molecule has 5 heteroatoms. The van der Waals surface area contributed by atoms with Gasteiger partial charge in [0.2, 0.25) is 0 Å². The second-order valence-electron chi connectivity index (χ2n) is 4.79. The van der Waals surface area contributed by atoms with Crippen molar-refractivity contribution in [3.8, 4) is 11.5 Å². The van der Waals surface area contributed by atoms with Gasteiger partial charge in [-0.25, -0.2) is 0 Å².